The van der Waals surface area contributed by atoms with Gasteiger partial charge in [0.2, 0.25) is 10.0 Å². The van der Waals surface area contributed by atoms with Crippen LogP contribution in [0.25, 0.3) is 10.8 Å². The van der Waals surface area contributed by atoms with E-state index in [1.807, 2.05) is 6.07 Å². The second kappa shape index (κ2) is 8.72. The third-order valence-electron chi connectivity index (χ3n) is 5.55. The fraction of sp³-hybridized carbons (Fsp3) is 0.292. The van der Waals surface area contributed by atoms with Crippen molar-refractivity contribution in [3.8, 4) is 11.5 Å². The molecule has 9 heteroatoms. The SMILES string of the molecule is CC(F)(F)c1ccc(Oc2cccc3cc(C(=O)N4CC(CNS(C)(=O)=O)C4)ccc23)cc1. The molecule has 6 nitrogen and oxygen atoms in total. The second-order valence-corrected chi connectivity index (χ2v) is 10.2. The largest absolute Gasteiger partial charge is 0.457 e. The van der Waals surface area contributed by atoms with Gasteiger partial charge in [-0.2, -0.15) is 0 Å². The number of benzene rings is 3. The van der Waals surface area contributed by atoms with Crippen molar-refractivity contribution in [2.75, 3.05) is 25.9 Å². The van der Waals surface area contributed by atoms with Crippen LogP contribution in [-0.2, 0) is 15.9 Å². The molecule has 3 aromatic carbocycles. The molecule has 33 heavy (non-hydrogen) atoms. The van der Waals surface area contributed by atoms with Gasteiger partial charge in [0.05, 0.1) is 6.26 Å². The van der Waals surface area contributed by atoms with Gasteiger partial charge in [-0.3, -0.25) is 4.79 Å². The van der Waals surface area contributed by atoms with Gasteiger partial charge < -0.3 is 9.64 Å². The molecule has 1 fully saturated rings. The maximum absolute atomic E-state index is 13.4. The molecule has 0 saturated carbocycles. The van der Waals surface area contributed by atoms with E-state index < -0.39 is 15.9 Å². The minimum atomic E-state index is -3.24. The molecule has 0 radical (unpaired) electrons. The maximum Gasteiger partial charge on any atom is 0.270 e. The minimum absolute atomic E-state index is 0.0868. The summed E-state index contributed by atoms with van der Waals surface area (Å²) in [6, 6.07) is 16.4. The fourth-order valence-electron chi connectivity index (χ4n) is 3.74. The Morgan fingerprint density at radius 3 is 2.45 bits per heavy atom. The van der Waals surface area contributed by atoms with Crippen LogP contribution in [0.1, 0.15) is 22.8 Å². The third kappa shape index (κ3) is 5.48. The Balaban J connectivity index is 1.46. The lowest BCUT2D eigenvalue weighted by Crippen LogP contribution is -2.53. The number of nitrogens with zero attached hydrogens (tertiary/aromatic N) is 1. The Morgan fingerprint density at radius 1 is 1.12 bits per heavy atom. The number of hydrogen-bond acceptors (Lipinski definition) is 4. The zero-order valence-electron chi connectivity index (χ0n) is 18.2. The normalized spacial score (nSPS) is 14.8. The van der Waals surface area contributed by atoms with Crippen LogP contribution in [-0.4, -0.2) is 45.1 Å². The van der Waals surface area contributed by atoms with Gasteiger partial charge >= 0.3 is 0 Å². The monoisotopic (exact) mass is 474 g/mol. The average Bonchev–Trinajstić information content (AvgIpc) is 2.71. The topological polar surface area (TPSA) is 75.7 Å². The first-order chi connectivity index (χ1) is 15.5. The number of sulfonamides is 1. The van der Waals surface area contributed by atoms with Crippen molar-refractivity contribution in [3.63, 3.8) is 0 Å². The summed E-state index contributed by atoms with van der Waals surface area (Å²) in [4.78, 5) is 14.5. The van der Waals surface area contributed by atoms with Crippen LogP contribution in [0, 0.1) is 5.92 Å². The molecule has 0 unspecified atom stereocenters. The lowest BCUT2D eigenvalue weighted by Gasteiger charge is -2.39. The molecule has 1 heterocycles. The molecular weight excluding hydrogens is 450 g/mol. The highest BCUT2D eigenvalue weighted by Crippen LogP contribution is 2.33. The number of halogens is 2. The van der Waals surface area contributed by atoms with Crippen LogP contribution >= 0.6 is 0 Å². The first-order valence-corrected chi connectivity index (χ1v) is 12.3. The molecule has 174 valence electrons. The van der Waals surface area contributed by atoms with E-state index in [-0.39, 0.29) is 17.4 Å². The quantitative estimate of drug-likeness (QED) is 0.552. The summed E-state index contributed by atoms with van der Waals surface area (Å²) in [5, 5.41) is 1.60. The van der Waals surface area contributed by atoms with Crippen LogP contribution in [0.2, 0.25) is 0 Å². The number of rotatable bonds is 7. The average molecular weight is 475 g/mol. The summed E-state index contributed by atoms with van der Waals surface area (Å²) < 4.78 is 57.6. The van der Waals surface area contributed by atoms with Crippen molar-refractivity contribution in [1.82, 2.24) is 9.62 Å². The highest BCUT2D eigenvalue weighted by Gasteiger charge is 2.31. The van der Waals surface area contributed by atoms with Crippen molar-refractivity contribution >= 4 is 26.7 Å². The van der Waals surface area contributed by atoms with Crippen LogP contribution in [0.5, 0.6) is 11.5 Å². The number of carbonyl (C=O) groups is 1. The molecule has 1 aliphatic heterocycles. The van der Waals surface area contributed by atoms with E-state index >= 15 is 0 Å². The first-order valence-electron chi connectivity index (χ1n) is 10.4. The predicted molar refractivity (Wildman–Crippen MR) is 122 cm³/mol. The van der Waals surface area contributed by atoms with Gasteiger partial charge in [-0.1, -0.05) is 12.1 Å². The molecule has 0 bridgehead atoms. The molecule has 3 aromatic rings. The molecule has 0 atom stereocenters. The summed E-state index contributed by atoms with van der Waals surface area (Å²) in [6.07, 6.45) is 1.11. The molecule has 0 spiro atoms. The summed E-state index contributed by atoms with van der Waals surface area (Å²) in [6.45, 7) is 2.15. The number of amides is 1. The van der Waals surface area contributed by atoms with Gasteiger partial charge in [0.15, 0.2) is 0 Å². The number of hydrogen-bond donors (Lipinski definition) is 1. The van der Waals surface area contributed by atoms with E-state index in [1.54, 1.807) is 35.2 Å². The summed E-state index contributed by atoms with van der Waals surface area (Å²) in [7, 11) is -3.24. The van der Waals surface area contributed by atoms with Crippen molar-refractivity contribution in [2.45, 2.75) is 12.8 Å². The summed E-state index contributed by atoms with van der Waals surface area (Å²) >= 11 is 0. The van der Waals surface area contributed by atoms with Crippen molar-refractivity contribution < 1.29 is 26.7 Å². The predicted octanol–water partition coefficient (Wildman–Crippen LogP) is 4.37. The number of likely N-dealkylation sites (tertiary alicyclic amines) is 1. The fourth-order valence-corrected chi connectivity index (χ4v) is 4.27. The molecule has 4 rings (SSSR count). The van der Waals surface area contributed by atoms with Crippen LogP contribution in [0.4, 0.5) is 8.78 Å². The van der Waals surface area contributed by atoms with Crippen LogP contribution in [0.15, 0.2) is 60.7 Å². The van der Waals surface area contributed by atoms with Crippen LogP contribution < -0.4 is 9.46 Å². The van der Waals surface area contributed by atoms with Gasteiger partial charge in [-0.25, -0.2) is 21.9 Å². The lowest BCUT2D eigenvalue weighted by atomic mass is 9.98. The van der Waals surface area contributed by atoms with E-state index in [1.165, 1.54) is 24.3 Å². The standard InChI is InChI=1S/C24H24F2N2O4S/c1-24(25,26)19-7-9-20(10-8-19)32-22-5-3-4-17-12-18(6-11-21(17)22)23(29)28-14-16(15-28)13-27-33(2,30)31/h3-12,16,27H,13-15H2,1-2H3. The molecule has 1 N–H and O–H groups in total. The zero-order valence-corrected chi connectivity index (χ0v) is 19.0. The number of ether oxygens (including phenoxy) is 1. The van der Waals surface area contributed by atoms with E-state index in [4.69, 9.17) is 4.74 Å². The van der Waals surface area contributed by atoms with Gasteiger partial charge in [0, 0.05) is 49.0 Å². The molecule has 0 aromatic heterocycles. The number of carbonyl (C=O) groups excluding carboxylic acids is 1. The Bertz CT molecular complexity index is 1280. The molecule has 0 aliphatic carbocycles. The third-order valence-corrected chi connectivity index (χ3v) is 6.25. The minimum Gasteiger partial charge on any atom is -0.457 e. The molecule has 1 aliphatic rings. The number of alkyl halides is 2. The molecule has 1 saturated heterocycles. The van der Waals surface area contributed by atoms with Gasteiger partial charge in [-0.15, -0.1) is 0 Å². The smallest absolute Gasteiger partial charge is 0.270 e. The van der Waals surface area contributed by atoms with E-state index in [0.717, 1.165) is 24.0 Å². The summed E-state index contributed by atoms with van der Waals surface area (Å²) in [5.74, 6) is -1.94. The van der Waals surface area contributed by atoms with E-state index in [9.17, 15) is 22.0 Å². The highest BCUT2D eigenvalue weighted by molar-refractivity contribution is 7.88. The van der Waals surface area contributed by atoms with Gasteiger partial charge in [0.1, 0.15) is 11.5 Å². The van der Waals surface area contributed by atoms with Crippen molar-refractivity contribution in [1.29, 1.82) is 0 Å². The Hall–Kier alpha value is -3.04. The lowest BCUT2D eigenvalue weighted by molar-refractivity contribution is 0.0174. The van der Waals surface area contributed by atoms with E-state index in [2.05, 4.69) is 4.72 Å². The Morgan fingerprint density at radius 2 is 1.82 bits per heavy atom. The first kappa shape index (κ1) is 23.1. The van der Waals surface area contributed by atoms with E-state index in [0.29, 0.717) is 36.7 Å². The Kier molecular flexibility index (Phi) is 6.11. The molecule has 1 amide bonds. The zero-order chi connectivity index (χ0) is 23.8. The summed E-state index contributed by atoms with van der Waals surface area (Å²) in [5.41, 5.74) is 0.444. The Labute approximate surface area is 191 Å². The number of fused-ring (bicyclic) bond motifs is 1. The molecular formula is C24H24F2N2O4S. The van der Waals surface area contributed by atoms with Gasteiger partial charge in [-0.05, 0) is 53.9 Å². The van der Waals surface area contributed by atoms with Gasteiger partial charge in [0.25, 0.3) is 11.8 Å². The van der Waals surface area contributed by atoms with Crippen LogP contribution in [0.3, 0.4) is 0 Å². The van der Waals surface area contributed by atoms with Crippen molar-refractivity contribution in [2.24, 2.45) is 5.92 Å². The van der Waals surface area contributed by atoms with Crippen molar-refractivity contribution in [3.05, 3.63) is 71.8 Å². The number of nitrogens with one attached hydrogen (secondary N) is 1. The highest BCUT2D eigenvalue weighted by atomic mass is 32.2. The second-order valence-electron chi connectivity index (χ2n) is 8.40. The maximum atomic E-state index is 13.4.